The summed E-state index contributed by atoms with van der Waals surface area (Å²) < 4.78 is 1.98. The molecule has 25 heavy (non-hydrogen) atoms. The van der Waals surface area contributed by atoms with Gasteiger partial charge in [0.1, 0.15) is 0 Å². The van der Waals surface area contributed by atoms with Crippen LogP contribution in [0.2, 0.25) is 0 Å². The van der Waals surface area contributed by atoms with Crippen LogP contribution in [-0.2, 0) is 9.59 Å². The van der Waals surface area contributed by atoms with Crippen molar-refractivity contribution in [1.29, 1.82) is 0 Å². The molecule has 0 N–H and O–H groups in total. The number of carbonyl (C=O) groups excluding carboxylic acids is 2. The molecule has 1 saturated heterocycles. The summed E-state index contributed by atoms with van der Waals surface area (Å²) in [4.78, 5) is 31.8. The zero-order chi connectivity index (χ0) is 17.1. The summed E-state index contributed by atoms with van der Waals surface area (Å²) in [5.74, 6) is 0.927. The average Bonchev–Trinajstić information content (AvgIpc) is 3.35. The van der Waals surface area contributed by atoms with Crippen molar-refractivity contribution in [2.75, 3.05) is 10.7 Å². The molecule has 1 aromatic heterocycles. The highest BCUT2D eigenvalue weighted by Gasteiger charge is 2.59. The minimum atomic E-state index is -0.154. The lowest BCUT2D eigenvalue weighted by molar-refractivity contribution is -0.123. The summed E-state index contributed by atoms with van der Waals surface area (Å²) in [5, 5.41) is 0. The van der Waals surface area contributed by atoms with E-state index in [1.165, 1.54) is 4.90 Å². The van der Waals surface area contributed by atoms with Gasteiger partial charge >= 0.3 is 0 Å². The third-order valence-corrected chi connectivity index (χ3v) is 7.56. The second-order valence-electron chi connectivity index (χ2n) is 6.74. The van der Waals surface area contributed by atoms with Crippen LogP contribution >= 0.6 is 23.1 Å². The van der Waals surface area contributed by atoms with Crippen LogP contribution < -0.4 is 4.90 Å². The summed E-state index contributed by atoms with van der Waals surface area (Å²) in [6.45, 7) is 3.73. The van der Waals surface area contributed by atoms with Gasteiger partial charge in [0.25, 0.3) is 0 Å². The standard InChI is InChI=1S/C19H16N2O2S2/c1-2-7-24-19-20-13-6-5-12(9-14(13)25-19)21-17(22)15-10-3-4-11(8-10)16(15)18(21)23/h2-6,9-11,15-16H,1,7-8H2/t10-,11+,15-,16-/m0/s1. The molecule has 4 atom stereocenters. The number of imide groups is 1. The fraction of sp³-hybridized carbons (Fsp3) is 0.316. The van der Waals surface area contributed by atoms with Gasteiger partial charge < -0.3 is 0 Å². The predicted molar refractivity (Wildman–Crippen MR) is 101 cm³/mol. The fourth-order valence-electron chi connectivity index (χ4n) is 4.38. The molecule has 2 aliphatic carbocycles. The van der Waals surface area contributed by atoms with Crippen LogP contribution in [0.5, 0.6) is 0 Å². The molecule has 2 amide bonds. The highest BCUT2D eigenvalue weighted by molar-refractivity contribution is 8.01. The van der Waals surface area contributed by atoms with Gasteiger partial charge in [0.05, 0.1) is 27.7 Å². The molecule has 1 saturated carbocycles. The Morgan fingerprint density at radius 3 is 2.64 bits per heavy atom. The van der Waals surface area contributed by atoms with E-state index in [4.69, 9.17) is 0 Å². The second kappa shape index (κ2) is 5.54. The Balaban J connectivity index is 1.50. The topological polar surface area (TPSA) is 50.3 Å². The van der Waals surface area contributed by atoms with Crippen LogP contribution in [0.4, 0.5) is 5.69 Å². The Hall–Kier alpha value is -1.92. The highest BCUT2D eigenvalue weighted by atomic mass is 32.2. The summed E-state index contributed by atoms with van der Waals surface area (Å²) in [6, 6.07) is 5.67. The molecule has 4 nitrogen and oxygen atoms in total. The lowest BCUT2D eigenvalue weighted by Crippen LogP contribution is -2.32. The number of thiazole rings is 1. The van der Waals surface area contributed by atoms with Crippen LogP contribution in [0.1, 0.15) is 6.42 Å². The molecule has 1 aliphatic heterocycles. The normalized spacial score (nSPS) is 29.8. The van der Waals surface area contributed by atoms with Gasteiger partial charge in [-0.25, -0.2) is 9.88 Å². The Kier molecular flexibility index (Phi) is 3.40. The average molecular weight is 368 g/mol. The molecular weight excluding hydrogens is 352 g/mol. The van der Waals surface area contributed by atoms with E-state index in [0.717, 1.165) is 26.7 Å². The first kappa shape index (κ1) is 15.3. The minimum Gasteiger partial charge on any atom is -0.274 e. The van der Waals surface area contributed by atoms with Crippen LogP contribution in [0.15, 0.2) is 47.3 Å². The van der Waals surface area contributed by atoms with Crippen LogP contribution in [0.25, 0.3) is 10.2 Å². The van der Waals surface area contributed by atoms with Crippen molar-refractivity contribution >= 4 is 50.8 Å². The van der Waals surface area contributed by atoms with Crippen molar-refractivity contribution < 1.29 is 9.59 Å². The van der Waals surface area contributed by atoms with E-state index < -0.39 is 0 Å². The molecule has 6 heteroatoms. The number of allylic oxidation sites excluding steroid dienone is 2. The van der Waals surface area contributed by atoms with E-state index in [1.54, 1.807) is 23.1 Å². The SMILES string of the molecule is C=CCSc1nc2ccc(N3C(=O)[C@@H]4[C@@H](C3=O)[C@H]3C=C[C@@H]4C3)cc2s1. The zero-order valence-electron chi connectivity index (χ0n) is 13.4. The molecule has 126 valence electrons. The van der Waals surface area contributed by atoms with Gasteiger partial charge in [-0.05, 0) is 36.5 Å². The molecule has 2 aromatic rings. The van der Waals surface area contributed by atoms with E-state index in [2.05, 4.69) is 23.7 Å². The molecule has 2 fully saturated rings. The van der Waals surface area contributed by atoms with E-state index in [1.807, 2.05) is 24.3 Å². The lowest BCUT2D eigenvalue weighted by atomic mass is 9.85. The Morgan fingerprint density at radius 1 is 1.24 bits per heavy atom. The minimum absolute atomic E-state index is 0.0306. The molecule has 0 unspecified atom stereocenters. The summed E-state index contributed by atoms with van der Waals surface area (Å²) in [7, 11) is 0. The van der Waals surface area contributed by atoms with Crippen molar-refractivity contribution in [3.63, 3.8) is 0 Å². The predicted octanol–water partition coefficient (Wildman–Crippen LogP) is 3.89. The number of carbonyl (C=O) groups is 2. The number of benzene rings is 1. The smallest absolute Gasteiger partial charge is 0.238 e. The summed E-state index contributed by atoms with van der Waals surface area (Å²) >= 11 is 3.23. The molecule has 2 heterocycles. The molecule has 0 spiro atoms. The maximum absolute atomic E-state index is 12.9. The number of hydrogen-bond donors (Lipinski definition) is 0. The van der Waals surface area contributed by atoms with Gasteiger partial charge in [0, 0.05) is 5.75 Å². The van der Waals surface area contributed by atoms with Crippen LogP contribution in [-0.4, -0.2) is 22.6 Å². The first-order chi connectivity index (χ1) is 12.2. The number of fused-ring (bicyclic) bond motifs is 6. The largest absolute Gasteiger partial charge is 0.274 e. The van der Waals surface area contributed by atoms with Crippen LogP contribution in [0.3, 0.4) is 0 Å². The first-order valence-electron chi connectivity index (χ1n) is 8.38. The van der Waals surface area contributed by atoms with Crippen LogP contribution in [0, 0.1) is 23.7 Å². The Morgan fingerprint density at radius 2 is 1.96 bits per heavy atom. The molecule has 3 aliphatic rings. The zero-order valence-corrected chi connectivity index (χ0v) is 15.1. The van der Waals surface area contributed by atoms with Crippen molar-refractivity contribution in [2.24, 2.45) is 23.7 Å². The number of hydrogen-bond acceptors (Lipinski definition) is 5. The molecule has 5 rings (SSSR count). The lowest BCUT2D eigenvalue weighted by Gasteiger charge is -2.17. The van der Waals surface area contributed by atoms with Gasteiger partial charge in [-0.1, -0.05) is 30.0 Å². The van der Waals surface area contributed by atoms with Crippen molar-refractivity contribution in [3.05, 3.63) is 43.0 Å². The quantitative estimate of drug-likeness (QED) is 0.467. The summed E-state index contributed by atoms with van der Waals surface area (Å²) in [6.07, 6.45) is 7.05. The summed E-state index contributed by atoms with van der Waals surface area (Å²) in [5.41, 5.74) is 1.58. The van der Waals surface area contributed by atoms with Gasteiger partial charge in [0.2, 0.25) is 11.8 Å². The van der Waals surface area contributed by atoms with Crippen molar-refractivity contribution in [2.45, 2.75) is 10.8 Å². The maximum atomic E-state index is 12.9. The molecule has 2 bridgehead atoms. The highest BCUT2D eigenvalue weighted by Crippen LogP contribution is 2.53. The number of nitrogens with zero attached hydrogens (tertiary/aromatic N) is 2. The number of thioether (sulfide) groups is 1. The molecule has 1 aromatic carbocycles. The second-order valence-corrected chi connectivity index (χ2v) is 9.04. The van der Waals surface area contributed by atoms with Gasteiger partial charge in [-0.15, -0.1) is 17.9 Å². The van der Waals surface area contributed by atoms with E-state index in [-0.39, 0.29) is 35.5 Å². The van der Waals surface area contributed by atoms with Crippen molar-refractivity contribution in [3.8, 4) is 0 Å². The van der Waals surface area contributed by atoms with Gasteiger partial charge in [0.15, 0.2) is 4.34 Å². The first-order valence-corrected chi connectivity index (χ1v) is 10.2. The van der Waals surface area contributed by atoms with Crippen molar-refractivity contribution in [1.82, 2.24) is 4.98 Å². The number of aromatic nitrogens is 1. The number of anilines is 1. The monoisotopic (exact) mass is 368 g/mol. The molecule has 0 radical (unpaired) electrons. The number of amides is 2. The third kappa shape index (κ3) is 2.17. The van der Waals surface area contributed by atoms with Gasteiger partial charge in [-0.3, -0.25) is 9.59 Å². The number of rotatable bonds is 4. The molecular formula is C19H16N2O2S2. The fourth-order valence-corrected chi connectivity index (χ4v) is 6.24. The van der Waals surface area contributed by atoms with Gasteiger partial charge in [-0.2, -0.15) is 0 Å². The maximum Gasteiger partial charge on any atom is 0.238 e. The Bertz CT molecular complexity index is 918. The Labute approximate surface area is 153 Å². The van der Waals surface area contributed by atoms with E-state index >= 15 is 0 Å². The van der Waals surface area contributed by atoms with E-state index in [0.29, 0.717) is 5.69 Å². The third-order valence-electron chi connectivity index (χ3n) is 5.41. The van der Waals surface area contributed by atoms with E-state index in [9.17, 15) is 9.59 Å².